The van der Waals surface area contributed by atoms with Crippen molar-refractivity contribution in [2.24, 2.45) is 0 Å². The number of benzene rings is 2. The van der Waals surface area contributed by atoms with Crippen LogP contribution < -0.4 is 5.73 Å². The Labute approximate surface area is 156 Å². The zero-order chi connectivity index (χ0) is 18.9. The minimum absolute atomic E-state index is 0.274. The first-order chi connectivity index (χ1) is 12.3. The molecule has 0 radical (unpaired) electrons. The van der Waals surface area contributed by atoms with Crippen LogP contribution in [0, 0.1) is 13.8 Å². The van der Waals surface area contributed by atoms with Crippen LogP contribution >= 0.6 is 0 Å². The van der Waals surface area contributed by atoms with E-state index < -0.39 is 10.0 Å². The van der Waals surface area contributed by atoms with Crippen molar-refractivity contribution >= 4 is 15.7 Å². The fourth-order valence-electron chi connectivity index (χ4n) is 3.36. The summed E-state index contributed by atoms with van der Waals surface area (Å²) < 4.78 is 27.2. The summed E-state index contributed by atoms with van der Waals surface area (Å²) in [5.74, 6) is 0. The van der Waals surface area contributed by atoms with Gasteiger partial charge >= 0.3 is 0 Å². The molecule has 2 N–H and O–H groups in total. The molecule has 0 spiro atoms. The summed E-state index contributed by atoms with van der Waals surface area (Å²) in [5.41, 5.74) is 10.1. The number of rotatable bonds is 4. The second kappa shape index (κ2) is 7.39. The minimum Gasteiger partial charge on any atom is -0.399 e. The van der Waals surface area contributed by atoms with Gasteiger partial charge in [0, 0.05) is 37.9 Å². The van der Waals surface area contributed by atoms with Crippen molar-refractivity contribution in [1.29, 1.82) is 0 Å². The third-order valence-corrected chi connectivity index (χ3v) is 7.27. The highest BCUT2D eigenvalue weighted by Gasteiger charge is 2.30. The quantitative estimate of drug-likeness (QED) is 0.837. The molecule has 2 aromatic rings. The Morgan fingerprint density at radius 3 is 2.12 bits per heavy atom. The van der Waals surface area contributed by atoms with Gasteiger partial charge in [-0.1, -0.05) is 18.2 Å². The van der Waals surface area contributed by atoms with Gasteiger partial charge in [-0.05, 0) is 61.7 Å². The van der Waals surface area contributed by atoms with Crippen LogP contribution in [0.5, 0.6) is 0 Å². The molecule has 1 heterocycles. The molecule has 0 bridgehead atoms. The van der Waals surface area contributed by atoms with Crippen LogP contribution in [-0.2, 0) is 10.0 Å². The van der Waals surface area contributed by atoms with Crippen LogP contribution in [0.2, 0.25) is 0 Å². The predicted molar refractivity (Wildman–Crippen MR) is 106 cm³/mol. The van der Waals surface area contributed by atoms with Crippen molar-refractivity contribution in [3.8, 4) is 0 Å². The Morgan fingerprint density at radius 2 is 1.54 bits per heavy atom. The maximum absolute atomic E-state index is 12.8. The molecule has 26 heavy (non-hydrogen) atoms. The number of hydrogen-bond acceptors (Lipinski definition) is 4. The SMILES string of the molecule is Cc1ccc(C(C)N2CCN(S(=O)(=O)c3ccc(N)cc3)CC2)cc1C. The van der Waals surface area contributed by atoms with Crippen molar-refractivity contribution < 1.29 is 8.42 Å². The molecule has 2 aromatic carbocycles. The van der Waals surface area contributed by atoms with Crippen LogP contribution in [0.1, 0.15) is 29.7 Å². The highest BCUT2D eigenvalue weighted by Crippen LogP contribution is 2.25. The highest BCUT2D eigenvalue weighted by atomic mass is 32.2. The molecule has 1 aliphatic rings. The maximum atomic E-state index is 12.8. The smallest absolute Gasteiger partial charge is 0.243 e. The Kier molecular flexibility index (Phi) is 5.37. The summed E-state index contributed by atoms with van der Waals surface area (Å²) in [7, 11) is -3.45. The first kappa shape index (κ1) is 18.9. The van der Waals surface area contributed by atoms with Crippen molar-refractivity contribution in [3.05, 3.63) is 59.2 Å². The molecule has 1 unspecified atom stereocenters. The number of piperazine rings is 1. The lowest BCUT2D eigenvalue weighted by Gasteiger charge is -2.37. The number of nitrogens with two attached hydrogens (primary N) is 1. The summed E-state index contributed by atoms with van der Waals surface area (Å²) in [6.07, 6.45) is 0. The van der Waals surface area contributed by atoms with Gasteiger partial charge in [0.1, 0.15) is 0 Å². The molecule has 1 fully saturated rings. The summed E-state index contributed by atoms with van der Waals surface area (Å²) in [4.78, 5) is 2.65. The first-order valence-corrected chi connectivity index (χ1v) is 10.4. The molecule has 1 atom stereocenters. The van der Waals surface area contributed by atoms with Crippen molar-refractivity contribution in [2.75, 3.05) is 31.9 Å². The van der Waals surface area contributed by atoms with Gasteiger partial charge in [-0.15, -0.1) is 0 Å². The van der Waals surface area contributed by atoms with E-state index in [9.17, 15) is 8.42 Å². The molecule has 6 heteroatoms. The molecule has 1 aliphatic heterocycles. The van der Waals surface area contributed by atoms with E-state index in [4.69, 9.17) is 5.73 Å². The van der Waals surface area contributed by atoms with E-state index in [1.807, 2.05) is 0 Å². The van der Waals surface area contributed by atoms with Crippen molar-refractivity contribution in [3.63, 3.8) is 0 Å². The number of nitrogens with zero attached hydrogens (tertiary/aromatic N) is 2. The van der Waals surface area contributed by atoms with E-state index in [1.54, 1.807) is 28.6 Å². The fourth-order valence-corrected chi connectivity index (χ4v) is 4.78. The van der Waals surface area contributed by atoms with Crippen molar-refractivity contribution in [1.82, 2.24) is 9.21 Å². The average Bonchev–Trinajstić information content (AvgIpc) is 2.64. The third kappa shape index (κ3) is 3.77. The van der Waals surface area contributed by atoms with E-state index in [0.29, 0.717) is 23.7 Å². The van der Waals surface area contributed by atoms with Crippen LogP contribution in [0.4, 0.5) is 5.69 Å². The zero-order valence-corrected chi connectivity index (χ0v) is 16.5. The van der Waals surface area contributed by atoms with Crippen molar-refractivity contribution in [2.45, 2.75) is 31.7 Å². The molecular formula is C20H27N3O2S. The van der Waals surface area contributed by atoms with E-state index in [0.717, 1.165) is 13.1 Å². The van der Waals surface area contributed by atoms with Gasteiger partial charge in [-0.3, -0.25) is 4.90 Å². The van der Waals surface area contributed by atoms with Gasteiger partial charge in [-0.2, -0.15) is 4.31 Å². The van der Waals surface area contributed by atoms with E-state index in [2.05, 4.69) is 43.9 Å². The number of nitrogen functional groups attached to an aromatic ring is 1. The van der Waals surface area contributed by atoms with Gasteiger partial charge in [0.2, 0.25) is 10.0 Å². The Balaban J connectivity index is 1.68. The lowest BCUT2D eigenvalue weighted by atomic mass is 10.0. The summed E-state index contributed by atoms with van der Waals surface area (Å²) in [6.45, 7) is 8.88. The molecule has 3 rings (SSSR count). The highest BCUT2D eigenvalue weighted by molar-refractivity contribution is 7.89. The van der Waals surface area contributed by atoms with Gasteiger partial charge in [-0.25, -0.2) is 8.42 Å². The van der Waals surface area contributed by atoms with Gasteiger partial charge in [0.15, 0.2) is 0 Å². The summed E-state index contributed by atoms with van der Waals surface area (Å²) in [6, 6.07) is 13.3. The number of anilines is 1. The fraction of sp³-hybridized carbons (Fsp3) is 0.400. The maximum Gasteiger partial charge on any atom is 0.243 e. The largest absolute Gasteiger partial charge is 0.399 e. The molecule has 0 aliphatic carbocycles. The number of aryl methyl sites for hydroxylation is 2. The van der Waals surface area contributed by atoms with Gasteiger partial charge < -0.3 is 5.73 Å². The molecule has 0 amide bonds. The van der Waals surface area contributed by atoms with E-state index in [1.165, 1.54) is 16.7 Å². The van der Waals surface area contributed by atoms with Gasteiger partial charge in [0.25, 0.3) is 0 Å². The monoisotopic (exact) mass is 373 g/mol. The molecule has 0 saturated carbocycles. The number of sulfonamides is 1. The van der Waals surface area contributed by atoms with E-state index >= 15 is 0 Å². The molecule has 1 saturated heterocycles. The van der Waals surface area contributed by atoms with Gasteiger partial charge in [0.05, 0.1) is 4.90 Å². The van der Waals surface area contributed by atoms with Crippen LogP contribution in [-0.4, -0.2) is 43.8 Å². The number of hydrogen-bond donors (Lipinski definition) is 1. The molecule has 0 aromatic heterocycles. The summed E-state index contributed by atoms with van der Waals surface area (Å²) >= 11 is 0. The lowest BCUT2D eigenvalue weighted by Crippen LogP contribution is -2.49. The second-order valence-electron chi connectivity index (χ2n) is 7.03. The normalized spacial score (nSPS) is 18.0. The Hall–Kier alpha value is -1.89. The van der Waals surface area contributed by atoms with Crippen LogP contribution in [0.15, 0.2) is 47.4 Å². The summed E-state index contributed by atoms with van der Waals surface area (Å²) in [5, 5.41) is 0. The molecule has 5 nitrogen and oxygen atoms in total. The standard InChI is InChI=1S/C20H27N3O2S/c1-15-4-5-18(14-16(15)2)17(3)22-10-12-23(13-11-22)26(24,25)20-8-6-19(21)7-9-20/h4-9,14,17H,10-13,21H2,1-3H3. The Morgan fingerprint density at radius 1 is 0.923 bits per heavy atom. The van der Waals surface area contributed by atoms with Crippen LogP contribution in [0.3, 0.4) is 0 Å². The molecular weight excluding hydrogens is 346 g/mol. The second-order valence-corrected chi connectivity index (χ2v) is 8.97. The topological polar surface area (TPSA) is 66.6 Å². The zero-order valence-electron chi connectivity index (χ0n) is 15.6. The predicted octanol–water partition coefficient (Wildman–Crippen LogP) is 2.95. The first-order valence-electron chi connectivity index (χ1n) is 8.96. The minimum atomic E-state index is -3.45. The lowest BCUT2D eigenvalue weighted by molar-refractivity contribution is 0.146. The molecule has 140 valence electrons. The van der Waals surface area contributed by atoms with Crippen LogP contribution in [0.25, 0.3) is 0 Å². The Bertz CT molecular complexity index is 870. The average molecular weight is 374 g/mol. The third-order valence-electron chi connectivity index (χ3n) is 5.35. The van der Waals surface area contributed by atoms with E-state index in [-0.39, 0.29) is 6.04 Å².